The first-order chi connectivity index (χ1) is 8.28. The normalized spacial score (nSPS) is 10.1. The Morgan fingerprint density at radius 1 is 0.941 bits per heavy atom. The highest BCUT2D eigenvalue weighted by Crippen LogP contribution is 2.28. The van der Waals surface area contributed by atoms with Gasteiger partial charge in [0.05, 0.1) is 0 Å². The molecule has 2 nitrogen and oxygen atoms in total. The molecular formula is C14H12O2S. The minimum absolute atomic E-state index is 0.274. The van der Waals surface area contributed by atoms with Gasteiger partial charge in [-0.15, -0.1) is 0 Å². The van der Waals surface area contributed by atoms with Gasteiger partial charge in [0.25, 0.3) is 0 Å². The third-order valence-corrected chi connectivity index (χ3v) is 3.33. The zero-order valence-electron chi connectivity index (χ0n) is 9.17. The number of phenols is 1. The number of hydrogen-bond acceptors (Lipinski definition) is 3. The maximum absolute atomic E-state index is 10.4. The van der Waals surface area contributed by atoms with Crippen LogP contribution < -0.4 is 0 Å². The van der Waals surface area contributed by atoms with E-state index in [0.29, 0.717) is 6.42 Å². The molecule has 0 heterocycles. The molecular weight excluding hydrogens is 232 g/mol. The summed E-state index contributed by atoms with van der Waals surface area (Å²) in [5.74, 6) is 0.274. The highest BCUT2D eigenvalue weighted by molar-refractivity contribution is 7.99. The van der Waals surface area contributed by atoms with Crippen molar-refractivity contribution in [3.8, 4) is 5.75 Å². The van der Waals surface area contributed by atoms with Gasteiger partial charge in [0.15, 0.2) is 0 Å². The van der Waals surface area contributed by atoms with Crippen LogP contribution in [0.25, 0.3) is 0 Å². The molecule has 0 amide bonds. The first-order valence-corrected chi connectivity index (χ1v) is 6.09. The lowest BCUT2D eigenvalue weighted by atomic mass is 10.2. The second-order valence-electron chi connectivity index (χ2n) is 3.61. The van der Waals surface area contributed by atoms with Crippen molar-refractivity contribution in [1.82, 2.24) is 0 Å². The monoisotopic (exact) mass is 244 g/mol. The lowest BCUT2D eigenvalue weighted by Crippen LogP contribution is -1.84. The third kappa shape index (κ3) is 3.36. The molecule has 0 aliphatic carbocycles. The Bertz CT molecular complexity index is 489. The molecule has 0 aliphatic heterocycles. The molecule has 0 atom stereocenters. The summed E-state index contributed by atoms with van der Waals surface area (Å²) < 4.78 is 0. The SMILES string of the molecule is O=CCc1ccc(Sc2ccc(O)cc2)cc1. The van der Waals surface area contributed by atoms with Crippen molar-refractivity contribution in [3.05, 3.63) is 54.1 Å². The van der Waals surface area contributed by atoms with Crippen molar-refractivity contribution in [2.75, 3.05) is 0 Å². The average molecular weight is 244 g/mol. The van der Waals surface area contributed by atoms with E-state index >= 15 is 0 Å². The fraction of sp³-hybridized carbons (Fsp3) is 0.0714. The summed E-state index contributed by atoms with van der Waals surface area (Å²) in [5, 5.41) is 9.18. The van der Waals surface area contributed by atoms with Gasteiger partial charge in [0.1, 0.15) is 12.0 Å². The van der Waals surface area contributed by atoms with Gasteiger partial charge in [-0.3, -0.25) is 0 Å². The molecule has 3 heteroatoms. The minimum atomic E-state index is 0.274. The van der Waals surface area contributed by atoms with Crippen LogP contribution in [0.5, 0.6) is 5.75 Å². The zero-order valence-corrected chi connectivity index (χ0v) is 9.98. The van der Waals surface area contributed by atoms with E-state index in [-0.39, 0.29) is 5.75 Å². The molecule has 1 N–H and O–H groups in total. The van der Waals surface area contributed by atoms with Gasteiger partial charge in [-0.05, 0) is 42.0 Å². The predicted octanol–water partition coefficient (Wildman–Crippen LogP) is 3.28. The topological polar surface area (TPSA) is 37.3 Å². The van der Waals surface area contributed by atoms with Crippen molar-refractivity contribution < 1.29 is 9.90 Å². The maximum Gasteiger partial charge on any atom is 0.124 e. The van der Waals surface area contributed by atoms with Crippen LogP contribution in [-0.4, -0.2) is 11.4 Å². The molecule has 2 aromatic rings. The molecule has 17 heavy (non-hydrogen) atoms. The quantitative estimate of drug-likeness (QED) is 0.839. The van der Waals surface area contributed by atoms with E-state index in [2.05, 4.69) is 0 Å². The largest absolute Gasteiger partial charge is 0.508 e. The summed E-state index contributed by atoms with van der Waals surface area (Å²) >= 11 is 1.62. The van der Waals surface area contributed by atoms with Crippen LogP contribution in [0.15, 0.2) is 58.3 Å². The van der Waals surface area contributed by atoms with Crippen molar-refractivity contribution in [2.24, 2.45) is 0 Å². The third-order valence-electron chi connectivity index (χ3n) is 2.31. The summed E-state index contributed by atoms with van der Waals surface area (Å²) in [7, 11) is 0. The van der Waals surface area contributed by atoms with Gasteiger partial charge in [-0.25, -0.2) is 0 Å². The summed E-state index contributed by atoms with van der Waals surface area (Å²) in [4.78, 5) is 12.5. The van der Waals surface area contributed by atoms with E-state index in [4.69, 9.17) is 0 Å². The fourth-order valence-corrected chi connectivity index (χ4v) is 2.26. The molecule has 0 radical (unpaired) electrons. The van der Waals surface area contributed by atoms with Crippen LogP contribution in [-0.2, 0) is 11.2 Å². The number of hydrogen-bond donors (Lipinski definition) is 1. The number of carbonyl (C=O) groups is 1. The van der Waals surface area contributed by atoms with E-state index in [0.717, 1.165) is 21.6 Å². The molecule has 0 unspecified atom stereocenters. The summed E-state index contributed by atoms with van der Waals surface area (Å²) in [5.41, 5.74) is 1.02. The minimum Gasteiger partial charge on any atom is -0.508 e. The number of aldehydes is 1. The Hall–Kier alpha value is -1.74. The summed E-state index contributed by atoms with van der Waals surface area (Å²) in [6.45, 7) is 0. The molecule has 0 bridgehead atoms. The first-order valence-electron chi connectivity index (χ1n) is 5.27. The highest BCUT2D eigenvalue weighted by Gasteiger charge is 1.98. The van der Waals surface area contributed by atoms with Gasteiger partial charge < -0.3 is 9.90 Å². The zero-order chi connectivity index (χ0) is 12.1. The molecule has 86 valence electrons. The van der Waals surface area contributed by atoms with Gasteiger partial charge in [0, 0.05) is 16.2 Å². The number of rotatable bonds is 4. The van der Waals surface area contributed by atoms with Crippen LogP contribution in [0.4, 0.5) is 0 Å². The van der Waals surface area contributed by atoms with Crippen LogP contribution in [0.2, 0.25) is 0 Å². The Morgan fingerprint density at radius 2 is 1.47 bits per heavy atom. The lowest BCUT2D eigenvalue weighted by Gasteiger charge is -2.02. The van der Waals surface area contributed by atoms with Crippen LogP contribution in [0.1, 0.15) is 5.56 Å². The van der Waals surface area contributed by atoms with Crippen molar-refractivity contribution >= 4 is 18.0 Å². The Labute approximate surface area is 104 Å². The van der Waals surface area contributed by atoms with Gasteiger partial charge in [-0.1, -0.05) is 23.9 Å². The molecule has 2 aromatic carbocycles. The lowest BCUT2D eigenvalue weighted by molar-refractivity contribution is -0.107. The fourth-order valence-electron chi connectivity index (χ4n) is 1.44. The number of benzene rings is 2. The van der Waals surface area contributed by atoms with Crippen LogP contribution in [0, 0.1) is 0 Å². The van der Waals surface area contributed by atoms with Crippen LogP contribution in [0.3, 0.4) is 0 Å². The second-order valence-corrected chi connectivity index (χ2v) is 4.76. The van der Waals surface area contributed by atoms with Crippen LogP contribution >= 0.6 is 11.8 Å². The van der Waals surface area contributed by atoms with Crippen molar-refractivity contribution in [2.45, 2.75) is 16.2 Å². The standard InChI is InChI=1S/C14H12O2S/c15-10-9-11-1-5-13(6-2-11)17-14-7-3-12(16)4-8-14/h1-8,10,16H,9H2. The Morgan fingerprint density at radius 3 is 2.00 bits per heavy atom. The average Bonchev–Trinajstić information content (AvgIpc) is 2.35. The number of phenolic OH excluding ortho intramolecular Hbond substituents is 1. The molecule has 0 saturated heterocycles. The smallest absolute Gasteiger partial charge is 0.124 e. The number of carbonyl (C=O) groups excluding carboxylic acids is 1. The van der Waals surface area contributed by atoms with E-state index in [1.54, 1.807) is 23.9 Å². The predicted molar refractivity (Wildman–Crippen MR) is 68.4 cm³/mol. The van der Waals surface area contributed by atoms with Crippen molar-refractivity contribution in [1.29, 1.82) is 0 Å². The molecule has 0 aromatic heterocycles. The molecule has 2 rings (SSSR count). The first kappa shape index (κ1) is 11.7. The van der Waals surface area contributed by atoms with Gasteiger partial charge in [-0.2, -0.15) is 0 Å². The number of aromatic hydroxyl groups is 1. The van der Waals surface area contributed by atoms with Gasteiger partial charge >= 0.3 is 0 Å². The van der Waals surface area contributed by atoms with E-state index in [1.165, 1.54) is 0 Å². The molecule has 0 fully saturated rings. The van der Waals surface area contributed by atoms with E-state index < -0.39 is 0 Å². The van der Waals surface area contributed by atoms with E-state index in [1.807, 2.05) is 36.4 Å². The Balaban J connectivity index is 2.08. The second kappa shape index (κ2) is 5.55. The Kier molecular flexibility index (Phi) is 3.83. The molecule has 0 saturated carbocycles. The van der Waals surface area contributed by atoms with Gasteiger partial charge in [0.2, 0.25) is 0 Å². The van der Waals surface area contributed by atoms with Crippen molar-refractivity contribution in [3.63, 3.8) is 0 Å². The molecule has 0 aliphatic rings. The van der Waals surface area contributed by atoms with E-state index in [9.17, 15) is 9.90 Å². The summed E-state index contributed by atoms with van der Waals surface area (Å²) in [6.07, 6.45) is 1.37. The molecule has 0 spiro atoms. The summed E-state index contributed by atoms with van der Waals surface area (Å²) in [6, 6.07) is 15.0. The highest BCUT2D eigenvalue weighted by atomic mass is 32.2. The maximum atomic E-state index is 10.4.